The molecule has 1 fully saturated rings. The number of halogens is 4. The van der Waals surface area contributed by atoms with Crippen molar-refractivity contribution >= 4 is 15.9 Å². The molecular weight excluding hydrogens is 528 g/mol. The van der Waals surface area contributed by atoms with Gasteiger partial charge in [-0.2, -0.15) is 27.7 Å². The third kappa shape index (κ3) is 4.60. The number of aryl methyl sites for hydroxylation is 1. The molecule has 2 aromatic heterocycles. The van der Waals surface area contributed by atoms with Gasteiger partial charge >= 0.3 is 6.18 Å². The third-order valence-electron chi connectivity index (χ3n) is 6.84. The third-order valence-corrected chi connectivity index (χ3v) is 8.79. The van der Waals surface area contributed by atoms with Crippen molar-refractivity contribution in [2.24, 2.45) is 12.1 Å². The Morgan fingerprint density at radius 2 is 1.79 bits per heavy atom. The smallest absolute Gasteiger partial charge is 0.353 e. The lowest BCUT2D eigenvalue weighted by atomic mass is 10.0. The predicted octanol–water partition coefficient (Wildman–Crippen LogP) is 2.51. The fourth-order valence-electron chi connectivity index (χ4n) is 4.82. The van der Waals surface area contributed by atoms with Crippen LogP contribution in [0.3, 0.4) is 0 Å². The van der Waals surface area contributed by atoms with Gasteiger partial charge < -0.3 is 4.90 Å². The van der Waals surface area contributed by atoms with Gasteiger partial charge in [0.15, 0.2) is 5.84 Å². The number of nitrogens with zero attached hydrogens (tertiary/aromatic N) is 7. The SMILES string of the molecule is CN(C1=NNC(c2ccnn2C)c2nccnc21)C1CCN(S(=O)(=O)c2ccc(F)cc2C(F)(F)F)CC1. The van der Waals surface area contributed by atoms with E-state index < -0.39 is 32.5 Å². The van der Waals surface area contributed by atoms with E-state index in [4.69, 9.17) is 0 Å². The van der Waals surface area contributed by atoms with Crippen molar-refractivity contribution in [1.82, 2.24) is 34.4 Å². The van der Waals surface area contributed by atoms with E-state index in [9.17, 15) is 26.0 Å². The summed E-state index contributed by atoms with van der Waals surface area (Å²) in [6, 6.07) is 2.91. The maximum atomic E-state index is 13.5. The molecule has 0 spiro atoms. The summed E-state index contributed by atoms with van der Waals surface area (Å²) in [7, 11) is -0.882. The van der Waals surface area contributed by atoms with Crippen LogP contribution < -0.4 is 5.43 Å². The average molecular weight is 553 g/mol. The van der Waals surface area contributed by atoms with Gasteiger partial charge in [-0.15, -0.1) is 0 Å². The number of hydrogen-bond acceptors (Lipinski definition) is 8. The second-order valence-electron chi connectivity index (χ2n) is 9.05. The van der Waals surface area contributed by atoms with E-state index in [2.05, 4.69) is 25.6 Å². The number of benzene rings is 1. The highest BCUT2D eigenvalue weighted by Crippen LogP contribution is 2.37. The van der Waals surface area contributed by atoms with Gasteiger partial charge in [0.25, 0.3) is 0 Å². The van der Waals surface area contributed by atoms with Crippen LogP contribution in [0, 0.1) is 5.82 Å². The lowest BCUT2D eigenvalue weighted by Gasteiger charge is -2.38. The molecule has 2 aliphatic rings. The van der Waals surface area contributed by atoms with Crippen molar-refractivity contribution in [1.29, 1.82) is 0 Å². The summed E-state index contributed by atoms with van der Waals surface area (Å²) in [5.41, 5.74) is 3.66. The van der Waals surface area contributed by atoms with Crippen molar-refractivity contribution in [3.05, 3.63) is 71.3 Å². The first-order valence-electron chi connectivity index (χ1n) is 11.7. The van der Waals surface area contributed by atoms with Crippen molar-refractivity contribution < 1.29 is 26.0 Å². The number of rotatable bonds is 4. The van der Waals surface area contributed by atoms with Gasteiger partial charge in [0.1, 0.15) is 17.6 Å². The Bertz CT molecular complexity index is 1480. The van der Waals surface area contributed by atoms with Crippen LogP contribution in [-0.2, 0) is 23.2 Å². The van der Waals surface area contributed by atoms with Crippen molar-refractivity contribution in [3.63, 3.8) is 0 Å². The summed E-state index contributed by atoms with van der Waals surface area (Å²) in [4.78, 5) is 9.92. The largest absolute Gasteiger partial charge is 0.417 e. The van der Waals surface area contributed by atoms with Gasteiger partial charge in [-0.05, 0) is 37.1 Å². The summed E-state index contributed by atoms with van der Waals surface area (Å²) in [5, 5.41) is 8.74. The lowest BCUT2D eigenvalue weighted by molar-refractivity contribution is -0.140. The minimum Gasteiger partial charge on any atom is -0.353 e. The second kappa shape index (κ2) is 9.62. The Hall–Kier alpha value is -3.59. The fourth-order valence-corrected chi connectivity index (χ4v) is 6.48. The summed E-state index contributed by atoms with van der Waals surface area (Å²) in [5.74, 6) is -0.641. The molecule has 0 amide bonds. The summed E-state index contributed by atoms with van der Waals surface area (Å²) in [6.45, 7) is -0.0324. The zero-order chi connectivity index (χ0) is 27.2. The Labute approximate surface area is 216 Å². The van der Waals surface area contributed by atoms with E-state index in [-0.39, 0.29) is 31.2 Å². The number of alkyl halides is 3. The van der Waals surface area contributed by atoms with Crippen LogP contribution in [0.1, 0.15) is 41.5 Å². The molecule has 5 rings (SSSR count). The van der Waals surface area contributed by atoms with E-state index >= 15 is 0 Å². The van der Waals surface area contributed by atoms with Gasteiger partial charge in [0, 0.05) is 51.8 Å². The number of sulfonamides is 1. The minimum atomic E-state index is -5.02. The first-order chi connectivity index (χ1) is 18.0. The van der Waals surface area contributed by atoms with Gasteiger partial charge in [0.05, 0.1) is 21.8 Å². The van der Waals surface area contributed by atoms with Crippen LogP contribution in [0.5, 0.6) is 0 Å². The van der Waals surface area contributed by atoms with E-state index in [1.165, 1.54) is 0 Å². The molecule has 10 nitrogen and oxygen atoms in total. The Morgan fingerprint density at radius 1 is 1.08 bits per heavy atom. The van der Waals surface area contributed by atoms with Gasteiger partial charge in [-0.3, -0.25) is 15.1 Å². The summed E-state index contributed by atoms with van der Waals surface area (Å²) < 4.78 is 82.9. The standard InChI is InChI=1S/C23H24F4N8O2S/c1-33(22-21-20(28-9-10-29-21)19(31-32-22)17-5-8-30-34(17)2)15-6-11-35(12-7-15)38(36,37)18-4-3-14(24)13-16(18)23(25,26)27/h3-5,8-10,13,15,19,31H,6-7,11-12H2,1-2H3. The van der Waals surface area contributed by atoms with Gasteiger partial charge in [0.2, 0.25) is 10.0 Å². The van der Waals surface area contributed by atoms with E-state index in [1.54, 1.807) is 30.3 Å². The van der Waals surface area contributed by atoms with E-state index in [0.29, 0.717) is 42.2 Å². The second-order valence-corrected chi connectivity index (χ2v) is 11.0. The van der Waals surface area contributed by atoms with E-state index in [1.807, 2.05) is 18.0 Å². The van der Waals surface area contributed by atoms with Crippen molar-refractivity contribution in [2.75, 3.05) is 20.1 Å². The molecule has 4 heterocycles. The molecule has 15 heteroatoms. The molecule has 1 N–H and O–H groups in total. The monoisotopic (exact) mass is 552 g/mol. The first kappa shape index (κ1) is 26.0. The van der Waals surface area contributed by atoms with Crippen LogP contribution >= 0.6 is 0 Å². The van der Waals surface area contributed by atoms with Gasteiger partial charge in [-0.1, -0.05) is 0 Å². The number of amidine groups is 1. The highest BCUT2D eigenvalue weighted by atomic mass is 32.2. The predicted molar refractivity (Wildman–Crippen MR) is 128 cm³/mol. The molecule has 2 aliphatic heterocycles. The van der Waals surface area contributed by atoms with Crippen molar-refractivity contribution in [3.8, 4) is 0 Å². The Balaban J connectivity index is 1.34. The van der Waals surface area contributed by atoms with Gasteiger partial charge in [-0.25, -0.2) is 17.8 Å². The molecule has 38 heavy (non-hydrogen) atoms. The molecule has 3 aromatic rings. The molecule has 0 bridgehead atoms. The topological polar surface area (TPSA) is 109 Å². The molecule has 1 aromatic carbocycles. The first-order valence-corrected chi connectivity index (χ1v) is 13.1. The van der Waals surface area contributed by atoms with E-state index in [0.717, 1.165) is 10.00 Å². The highest BCUT2D eigenvalue weighted by Gasteiger charge is 2.41. The van der Waals surface area contributed by atoms with Crippen LogP contribution in [0.15, 0.2) is 52.9 Å². The number of aromatic nitrogens is 4. The van der Waals surface area contributed by atoms with Crippen LogP contribution in [0.4, 0.5) is 17.6 Å². The lowest BCUT2D eigenvalue weighted by Crippen LogP contribution is -2.49. The van der Waals surface area contributed by atoms with Crippen LogP contribution in [0.25, 0.3) is 0 Å². The number of piperidine rings is 1. The molecule has 1 atom stereocenters. The molecular formula is C23H24F4N8O2S. The highest BCUT2D eigenvalue weighted by molar-refractivity contribution is 7.89. The normalized spacial score (nSPS) is 19.0. The molecule has 0 saturated carbocycles. The number of fused-ring (bicyclic) bond motifs is 1. The van der Waals surface area contributed by atoms with Crippen molar-refractivity contribution in [2.45, 2.75) is 36.0 Å². The van der Waals surface area contributed by atoms with Crippen LogP contribution in [0.2, 0.25) is 0 Å². The zero-order valence-corrected chi connectivity index (χ0v) is 21.2. The Morgan fingerprint density at radius 3 is 2.45 bits per heavy atom. The van der Waals surface area contributed by atoms with Crippen LogP contribution in [-0.4, -0.2) is 69.4 Å². The number of hydrogen-bond donors (Lipinski definition) is 1. The maximum absolute atomic E-state index is 13.5. The molecule has 0 aliphatic carbocycles. The molecule has 1 unspecified atom stereocenters. The minimum absolute atomic E-state index is 0.0162. The molecule has 0 radical (unpaired) electrons. The number of hydrazone groups is 1. The molecule has 202 valence electrons. The number of nitrogens with one attached hydrogen (secondary N) is 1. The zero-order valence-electron chi connectivity index (χ0n) is 20.4. The molecule has 1 saturated heterocycles. The quantitative estimate of drug-likeness (QED) is 0.496. The summed E-state index contributed by atoms with van der Waals surface area (Å²) in [6.07, 6.45) is 0.460. The fraction of sp³-hybridized carbons (Fsp3) is 0.391. The maximum Gasteiger partial charge on any atom is 0.417 e. The Kier molecular flexibility index (Phi) is 6.59. The average Bonchev–Trinajstić information content (AvgIpc) is 3.32. The summed E-state index contributed by atoms with van der Waals surface area (Å²) >= 11 is 0.